The number of ether oxygens (including phenoxy) is 1. The van der Waals surface area contributed by atoms with Crippen LogP contribution in [-0.2, 0) is 16.0 Å². The van der Waals surface area contributed by atoms with E-state index in [9.17, 15) is 4.79 Å². The van der Waals surface area contributed by atoms with Crippen molar-refractivity contribution in [3.63, 3.8) is 0 Å². The second kappa shape index (κ2) is 8.11. The predicted molar refractivity (Wildman–Crippen MR) is 96.7 cm³/mol. The number of hydrogen-bond acceptors (Lipinski definition) is 2. The molecule has 3 nitrogen and oxygen atoms in total. The maximum atomic E-state index is 12.3. The van der Waals surface area contributed by atoms with Crippen LogP contribution in [0.15, 0.2) is 54.6 Å². The zero-order chi connectivity index (χ0) is 16.8. The predicted octanol–water partition coefficient (Wildman–Crippen LogP) is 3.83. The molecule has 24 heavy (non-hydrogen) atoms. The minimum absolute atomic E-state index is 0.107. The van der Waals surface area contributed by atoms with Gasteiger partial charge in [-0.25, -0.2) is 0 Å². The molecule has 1 N–H and O–H groups in total. The lowest BCUT2D eigenvalue weighted by molar-refractivity contribution is -0.121. The monoisotopic (exact) mass is 323 g/mol. The van der Waals surface area contributed by atoms with E-state index in [1.54, 1.807) is 7.11 Å². The number of carbonyl (C=O) groups excluding carboxylic acids is 1. The van der Waals surface area contributed by atoms with Crippen molar-refractivity contribution < 1.29 is 9.53 Å². The van der Waals surface area contributed by atoms with Crippen LogP contribution < -0.4 is 5.32 Å². The number of nitrogens with one attached hydrogen (secondary N) is 1. The largest absolute Gasteiger partial charge is 0.384 e. The number of benzene rings is 2. The summed E-state index contributed by atoms with van der Waals surface area (Å²) in [5, 5.41) is 3.19. The quantitative estimate of drug-likeness (QED) is 0.877. The molecule has 0 bridgehead atoms. The van der Waals surface area contributed by atoms with Gasteiger partial charge in [0.15, 0.2) is 0 Å². The van der Waals surface area contributed by atoms with Crippen LogP contribution in [0.1, 0.15) is 24.8 Å². The van der Waals surface area contributed by atoms with E-state index < -0.39 is 0 Å². The highest BCUT2D eigenvalue weighted by atomic mass is 16.5. The van der Waals surface area contributed by atoms with E-state index in [1.807, 2.05) is 30.3 Å². The van der Waals surface area contributed by atoms with Crippen LogP contribution >= 0.6 is 0 Å². The Bertz CT molecular complexity index is 651. The zero-order valence-electron chi connectivity index (χ0n) is 14.2. The number of hydrogen-bond donors (Lipinski definition) is 1. The fraction of sp³-hybridized carbons (Fsp3) is 0.381. The number of amides is 1. The highest BCUT2D eigenvalue weighted by molar-refractivity contribution is 5.79. The molecule has 0 spiro atoms. The van der Waals surface area contributed by atoms with E-state index in [1.165, 1.54) is 17.5 Å². The van der Waals surface area contributed by atoms with Gasteiger partial charge < -0.3 is 10.1 Å². The summed E-state index contributed by atoms with van der Waals surface area (Å²) in [4.78, 5) is 12.3. The van der Waals surface area contributed by atoms with Gasteiger partial charge in [-0.3, -0.25) is 4.79 Å². The summed E-state index contributed by atoms with van der Waals surface area (Å²) < 4.78 is 5.26. The maximum Gasteiger partial charge on any atom is 0.224 e. The molecular formula is C21H25NO2. The molecule has 2 aromatic rings. The molecule has 1 aliphatic rings. The van der Waals surface area contributed by atoms with Crippen LogP contribution in [0.3, 0.4) is 0 Å². The molecule has 2 atom stereocenters. The van der Waals surface area contributed by atoms with Crippen LogP contribution in [-0.4, -0.2) is 25.7 Å². The molecule has 2 aromatic carbocycles. The summed E-state index contributed by atoms with van der Waals surface area (Å²) in [6, 6.07) is 18.8. The Morgan fingerprint density at radius 2 is 1.75 bits per heavy atom. The first-order valence-electron chi connectivity index (χ1n) is 8.69. The summed E-state index contributed by atoms with van der Waals surface area (Å²) in [5.74, 6) is 0.565. The van der Waals surface area contributed by atoms with Crippen molar-refractivity contribution in [1.29, 1.82) is 0 Å². The van der Waals surface area contributed by atoms with Gasteiger partial charge in [0, 0.05) is 19.1 Å². The molecule has 0 heterocycles. The van der Waals surface area contributed by atoms with E-state index in [-0.39, 0.29) is 11.9 Å². The minimum Gasteiger partial charge on any atom is -0.384 e. The van der Waals surface area contributed by atoms with Crippen molar-refractivity contribution >= 4 is 5.91 Å². The fourth-order valence-electron chi connectivity index (χ4n) is 3.53. The molecule has 0 saturated heterocycles. The third kappa shape index (κ3) is 4.24. The molecule has 0 aromatic heterocycles. The lowest BCUT2D eigenvalue weighted by atomic mass is 10.0. The Morgan fingerprint density at radius 1 is 1.04 bits per heavy atom. The number of methoxy groups -OCH3 is 1. The summed E-state index contributed by atoms with van der Waals surface area (Å²) >= 11 is 0. The highest BCUT2D eigenvalue weighted by Crippen LogP contribution is 2.26. The maximum absolute atomic E-state index is 12.3. The molecule has 3 heteroatoms. The lowest BCUT2D eigenvalue weighted by Crippen LogP contribution is -2.39. The van der Waals surface area contributed by atoms with Gasteiger partial charge >= 0.3 is 0 Å². The van der Waals surface area contributed by atoms with Gasteiger partial charge in [-0.15, -0.1) is 0 Å². The van der Waals surface area contributed by atoms with E-state index in [0.717, 1.165) is 25.0 Å². The van der Waals surface area contributed by atoms with Gasteiger partial charge in [-0.2, -0.15) is 0 Å². The number of carbonyl (C=O) groups is 1. The minimum atomic E-state index is 0.107. The van der Waals surface area contributed by atoms with Gasteiger partial charge in [-0.05, 0) is 29.5 Å². The van der Waals surface area contributed by atoms with E-state index in [4.69, 9.17) is 4.74 Å². The Kier molecular flexibility index (Phi) is 5.65. The Labute approximate surface area is 144 Å². The Hall–Kier alpha value is -2.13. The zero-order valence-corrected chi connectivity index (χ0v) is 14.2. The molecule has 1 fully saturated rings. The molecule has 1 amide bonds. The first-order valence-corrected chi connectivity index (χ1v) is 8.69. The van der Waals surface area contributed by atoms with Gasteiger partial charge in [0.25, 0.3) is 0 Å². The lowest BCUT2D eigenvalue weighted by Gasteiger charge is -2.20. The SMILES string of the molecule is COC[C@H]1CCC[C@H]1NC(=O)Cc1ccc(-c2ccccc2)cc1. The molecule has 3 rings (SSSR count). The smallest absolute Gasteiger partial charge is 0.224 e. The summed E-state index contributed by atoms with van der Waals surface area (Å²) in [5.41, 5.74) is 3.42. The second-order valence-corrected chi connectivity index (χ2v) is 6.56. The molecule has 1 aliphatic carbocycles. The van der Waals surface area contributed by atoms with Crippen molar-refractivity contribution in [1.82, 2.24) is 5.32 Å². The van der Waals surface area contributed by atoms with E-state index in [0.29, 0.717) is 12.3 Å². The standard InChI is InChI=1S/C21H25NO2/c1-24-15-19-8-5-9-20(19)22-21(23)14-16-10-12-18(13-11-16)17-6-3-2-4-7-17/h2-4,6-7,10-13,19-20H,5,8-9,14-15H2,1H3,(H,22,23)/t19-,20-/m1/s1. The molecular weight excluding hydrogens is 298 g/mol. The van der Waals surface area contributed by atoms with E-state index >= 15 is 0 Å². The third-order valence-corrected chi connectivity index (χ3v) is 4.81. The molecule has 1 saturated carbocycles. The van der Waals surface area contributed by atoms with Crippen molar-refractivity contribution in [2.45, 2.75) is 31.7 Å². The Morgan fingerprint density at radius 3 is 2.46 bits per heavy atom. The number of rotatable bonds is 6. The van der Waals surface area contributed by atoms with Crippen LogP contribution in [0.25, 0.3) is 11.1 Å². The molecule has 0 aliphatic heterocycles. The molecule has 0 unspecified atom stereocenters. The first kappa shape index (κ1) is 16.7. The van der Waals surface area contributed by atoms with Crippen LogP contribution in [0.2, 0.25) is 0 Å². The van der Waals surface area contributed by atoms with Crippen LogP contribution in [0.5, 0.6) is 0 Å². The molecule has 0 radical (unpaired) electrons. The fourth-order valence-corrected chi connectivity index (χ4v) is 3.53. The average Bonchev–Trinajstić information content (AvgIpc) is 3.03. The summed E-state index contributed by atoms with van der Waals surface area (Å²) in [7, 11) is 1.73. The van der Waals surface area contributed by atoms with E-state index in [2.05, 4.69) is 29.6 Å². The third-order valence-electron chi connectivity index (χ3n) is 4.81. The van der Waals surface area contributed by atoms with Crippen molar-refractivity contribution in [2.24, 2.45) is 5.92 Å². The Balaban J connectivity index is 1.57. The average molecular weight is 323 g/mol. The van der Waals surface area contributed by atoms with Gasteiger partial charge in [0.05, 0.1) is 13.0 Å². The summed E-state index contributed by atoms with van der Waals surface area (Å²) in [6.07, 6.45) is 3.81. The van der Waals surface area contributed by atoms with Crippen molar-refractivity contribution in [2.75, 3.05) is 13.7 Å². The topological polar surface area (TPSA) is 38.3 Å². The van der Waals surface area contributed by atoms with Gasteiger partial charge in [0.1, 0.15) is 0 Å². The van der Waals surface area contributed by atoms with Gasteiger partial charge in [0.2, 0.25) is 5.91 Å². The van der Waals surface area contributed by atoms with Crippen molar-refractivity contribution in [3.8, 4) is 11.1 Å². The van der Waals surface area contributed by atoms with Crippen LogP contribution in [0, 0.1) is 5.92 Å². The second-order valence-electron chi connectivity index (χ2n) is 6.56. The molecule has 126 valence electrons. The summed E-state index contributed by atoms with van der Waals surface area (Å²) in [6.45, 7) is 0.733. The normalized spacial score (nSPS) is 20.0. The van der Waals surface area contributed by atoms with Crippen LogP contribution in [0.4, 0.5) is 0 Å². The van der Waals surface area contributed by atoms with Gasteiger partial charge in [-0.1, -0.05) is 61.0 Å². The van der Waals surface area contributed by atoms with Crippen molar-refractivity contribution in [3.05, 3.63) is 60.2 Å². The highest BCUT2D eigenvalue weighted by Gasteiger charge is 2.28. The first-order chi connectivity index (χ1) is 11.8.